The smallest absolute Gasteiger partial charge is 1.00 e. The first-order valence-corrected chi connectivity index (χ1v) is 13.5. The van der Waals surface area contributed by atoms with E-state index in [9.17, 15) is 0 Å². The Bertz CT molecular complexity index is 1370. The van der Waals surface area contributed by atoms with Gasteiger partial charge in [-0.3, -0.25) is 0 Å². The van der Waals surface area contributed by atoms with Crippen LogP contribution in [0.25, 0.3) is 28.8 Å². The molecule has 1 heterocycles. The first kappa shape index (κ1) is 22.6. The molecule has 0 saturated heterocycles. The second-order valence-electron chi connectivity index (χ2n) is 8.33. The fraction of sp³-hybridized carbons (Fsp3) is 0.143. The second-order valence-corrected chi connectivity index (χ2v) is 12.1. The van der Waals surface area contributed by atoms with Gasteiger partial charge in [0.15, 0.2) is 0 Å². The summed E-state index contributed by atoms with van der Waals surface area (Å²) in [5, 5.41) is 1.38. The van der Waals surface area contributed by atoms with Gasteiger partial charge in [0.25, 0.3) is 0 Å². The van der Waals surface area contributed by atoms with Crippen LogP contribution in [0, 0.1) is 13.8 Å². The van der Waals surface area contributed by atoms with E-state index in [2.05, 4.69) is 109 Å². The molecule has 6 rings (SSSR count). The van der Waals surface area contributed by atoms with Crippen LogP contribution in [0.4, 0.5) is 0 Å². The summed E-state index contributed by atoms with van der Waals surface area (Å²) in [6.45, 7) is 4.55. The molecule has 0 saturated carbocycles. The summed E-state index contributed by atoms with van der Waals surface area (Å²) in [7, 11) is 0. The van der Waals surface area contributed by atoms with Crippen molar-refractivity contribution >= 4 is 28.8 Å². The number of hydrogen-bond acceptors (Lipinski definition) is 0. The fourth-order valence-electron chi connectivity index (χ4n) is 5.11. The number of hydrogen-bond donors (Lipinski definition) is 0. The number of benzene rings is 3. The van der Waals surface area contributed by atoms with Gasteiger partial charge in [0, 0.05) is 0 Å². The van der Waals surface area contributed by atoms with Crippen molar-refractivity contribution in [1.29, 1.82) is 0 Å². The maximum Gasteiger partial charge on any atom is -1.00 e. The Morgan fingerprint density at radius 1 is 0.750 bits per heavy atom. The van der Waals surface area contributed by atoms with E-state index >= 15 is 0 Å². The van der Waals surface area contributed by atoms with Crippen molar-refractivity contribution in [3.63, 3.8) is 0 Å². The molecule has 0 bridgehead atoms. The van der Waals surface area contributed by atoms with Gasteiger partial charge >= 0.3 is 190 Å². The van der Waals surface area contributed by atoms with Crippen molar-refractivity contribution in [2.45, 2.75) is 21.1 Å². The second kappa shape index (κ2) is 8.75. The number of aromatic nitrogens is 1. The van der Waals surface area contributed by atoms with Crippen molar-refractivity contribution < 1.29 is 32.6 Å². The van der Waals surface area contributed by atoms with Gasteiger partial charge in [-0.15, -0.1) is 0 Å². The molecule has 0 radical (unpaired) electrons. The van der Waals surface area contributed by atoms with Crippen molar-refractivity contribution in [2.75, 3.05) is 0 Å². The van der Waals surface area contributed by atoms with E-state index in [0.29, 0.717) is 7.25 Å². The SMILES string of the molecule is Cc1c(C)n(C2=Cc3ccccc3[CH]2[Zr+2][CH]2C=Cc3ccccc32)c2ccccc12.[F-].[F-]. The molecule has 32 heavy (non-hydrogen) atoms. The van der Waals surface area contributed by atoms with Gasteiger partial charge in [0.05, 0.1) is 0 Å². The van der Waals surface area contributed by atoms with Gasteiger partial charge in [-0.2, -0.15) is 0 Å². The maximum absolute atomic E-state index is 2.56. The first-order chi connectivity index (χ1) is 14.7. The number of allylic oxidation sites excluding steroid dienone is 2. The molecule has 0 fully saturated rings. The number of para-hydroxylation sites is 1. The van der Waals surface area contributed by atoms with E-state index in [1.54, 1.807) is 0 Å². The molecule has 0 amide bonds. The molecule has 4 aromatic rings. The summed E-state index contributed by atoms with van der Waals surface area (Å²) in [5.41, 5.74) is 11.5. The Hall–Kier alpha value is -2.58. The van der Waals surface area contributed by atoms with Crippen molar-refractivity contribution in [1.82, 2.24) is 4.57 Å². The van der Waals surface area contributed by atoms with Gasteiger partial charge in [-0.1, -0.05) is 0 Å². The topological polar surface area (TPSA) is 4.93 Å². The van der Waals surface area contributed by atoms with Gasteiger partial charge in [-0.05, 0) is 0 Å². The standard InChI is InChI=1S/C19H16N.C9H7.2FH.Zr/c1-13-14(2)20(19-10-6-5-9-18(13)19)17-11-15-7-3-4-8-16(15)12-17;1-2-5-9-7-3-6-8(9)4-1;;;/h3-12H,1-2H3;1-7H;2*1H;/q;;;;+2/p-2. The molecule has 2 aliphatic rings. The number of fused-ring (bicyclic) bond motifs is 3. The average Bonchev–Trinajstić information content (AvgIpc) is 3.43. The Morgan fingerprint density at radius 3 is 2.22 bits per heavy atom. The largest absolute Gasteiger partial charge is 1.00 e. The van der Waals surface area contributed by atoms with Crippen molar-refractivity contribution in [3.05, 3.63) is 112 Å². The summed E-state index contributed by atoms with van der Waals surface area (Å²) >= 11 is -0.850. The fourth-order valence-corrected chi connectivity index (χ4v) is 9.62. The molecule has 0 N–H and O–H groups in total. The van der Waals surface area contributed by atoms with Crippen LogP contribution in [0.2, 0.25) is 0 Å². The Labute approximate surface area is 198 Å². The van der Waals surface area contributed by atoms with E-state index in [1.807, 2.05) is 0 Å². The minimum atomic E-state index is -0.850. The molecule has 3 aromatic carbocycles. The predicted octanol–water partition coefficient (Wildman–Crippen LogP) is 1.17. The van der Waals surface area contributed by atoms with Gasteiger partial charge in [0.1, 0.15) is 0 Å². The van der Waals surface area contributed by atoms with Crippen LogP contribution in [0.5, 0.6) is 0 Å². The molecule has 1 nitrogen and oxygen atoms in total. The summed E-state index contributed by atoms with van der Waals surface area (Å²) in [4.78, 5) is 0. The van der Waals surface area contributed by atoms with E-state index in [0.717, 1.165) is 0 Å². The molecule has 0 aliphatic heterocycles. The van der Waals surface area contributed by atoms with Crippen LogP contribution in [-0.4, -0.2) is 4.57 Å². The van der Waals surface area contributed by atoms with Crippen LogP contribution < -0.4 is 9.41 Å². The Kier molecular flexibility index (Phi) is 6.18. The third-order valence-electron chi connectivity index (χ3n) is 6.74. The molecule has 2 aliphatic carbocycles. The molecule has 1 aromatic heterocycles. The van der Waals surface area contributed by atoms with Crippen molar-refractivity contribution in [3.8, 4) is 0 Å². The van der Waals surface area contributed by atoms with Crippen LogP contribution in [0.15, 0.2) is 78.9 Å². The zero-order valence-electron chi connectivity index (χ0n) is 18.0. The average molecular weight is 503 g/mol. The molecule has 2 unspecified atom stereocenters. The first-order valence-electron chi connectivity index (χ1n) is 10.6. The number of nitrogens with zero attached hydrogens (tertiary/aromatic N) is 1. The Morgan fingerprint density at radius 2 is 1.41 bits per heavy atom. The molecular formula is C28H23F2NZr. The maximum atomic E-state index is 2.56. The van der Waals surface area contributed by atoms with Gasteiger partial charge in [0.2, 0.25) is 0 Å². The third-order valence-corrected chi connectivity index (χ3v) is 11.2. The summed E-state index contributed by atoms with van der Waals surface area (Å²) in [5.74, 6) is 0. The quantitative estimate of drug-likeness (QED) is 0.397. The zero-order chi connectivity index (χ0) is 20.2. The molecule has 4 heteroatoms. The summed E-state index contributed by atoms with van der Waals surface area (Å²) < 4.78 is 3.74. The van der Waals surface area contributed by atoms with Crippen molar-refractivity contribution in [2.24, 2.45) is 0 Å². The van der Waals surface area contributed by atoms with Crippen LogP contribution in [-0.2, 0) is 23.2 Å². The molecule has 2 atom stereocenters. The normalized spacial score (nSPS) is 17.8. The number of aryl methyl sites for hydroxylation is 1. The minimum Gasteiger partial charge on any atom is -1.00 e. The van der Waals surface area contributed by atoms with Gasteiger partial charge < -0.3 is 9.41 Å². The molecular weight excluding hydrogens is 480 g/mol. The predicted molar refractivity (Wildman–Crippen MR) is 123 cm³/mol. The van der Waals surface area contributed by atoms with E-state index in [1.165, 1.54) is 50.1 Å². The zero-order valence-corrected chi connectivity index (χ0v) is 20.5. The molecule has 0 spiro atoms. The van der Waals surface area contributed by atoms with Gasteiger partial charge in [-0.25, -0.2) is 0 Å². The number of halogens is 2. The van der Waals surface area contributed by atoms with Crippen LogP contribution in [0.3, 0.4) is 0 Å². The van der Waals surface area contributed by atoms with Crippen LogP contribution in [0.1, 0.15) is 40.8 Å². The van der Waals surface area contributed by atoms with E-state index in [4.69, 9.17) is 0 Å². The van der Waals surface area contributed by atoms with E-state index in [-0.39, 0.29) is 9.41 Å². The summed E-state index contributed by atoms with van der Waals surface area (Å²) in [6.07, 6.45) is 7.27. The van der Waals surface area contributed by atoms with Crippen LogP contribution >= 0.6 is 0 Å². The monoisotopic (exact) mass is 501 g/mol. The number of rotatable bonds is 3. The molecule has 158 valence electrons. The summed E-state index contributed by atoms with van der Waals surface area (Å²) in [6, 6.07) is 26.9. The Balaban J connectivity index is 0.00000122. The third kappa shape index (κ3) is 3.37. The minimum absolute atomic E-state index is 0. The van der Waals surface area contributed by atoms with E-state index < -0.39 is 23.2 Å².